The van der Waals surface area contributed by atoms with E-state index in [9.17, 15) is 9.59 Å². The monoisotopic (exact) mass is 398 g/mol. The van der Waals surface area contributed by atoms with Crippen LogP contribution >= 0.6 is 22.7 Å². The van der Waals surface area contributed by atoms with Crippen molar-refractivity contribution in [1.82, 2.24) is 19.6 Å². The van der Waals surface area contributed by atoms with Crippen molar-refractivity contribution in [3.63, 3.8) is 0 Å². The molecule has 10 heteroatoms. The van der Waals surface area contributed by atoms with Crippen LogP contribution in [0.4, 0.5) is 5.13 Å². The Balaban J connectivity index is 1.65. The summed E-state index contributed by atoms with van der Waals surface area (Å²) in [6, 6.07) is 5.58. The Morgan fingerprint density at radius 3 is 2.70 bits per heavy atom. The van der Waals surface area contributed by atoms with E-state index in [0.29, 0.717) is 5.13 Å². The highest BCUT2D eigenvalue weighted by Crippen LogP contribution is 2.34. The van der Waals surface area contributed by atoms with E-state index in [0.717, 1.165) is 15.4 Å². The van der Waals surface area contributed by atoms with E-state index >= 15 is 0 Å². The van der Waals surface area contributed by atoms with E-state index in [2.05, 4.69) is 20.4 Å². The van der Waals surface area contributed by atoms with Gasteiger partial charge < -0.3 is 5.73 Å². The molecule has 0 bridgehead atoms. The molecule has 0 saturated heterocycles. The molecule has 0 aliphatic rings. The molecule has 4 aromatic heterocycles. The Morgan fingerprint density at radius 2 is 2.00 bits per heavy atom. The van der Waals surface area contributed by atoms with Gasteiger partial charge in [-0.1, -0.05) is 0 Å². The predicted molar refractivity (Wildman–Crippen MR) is 104 cm³/mol. The van der Waals surface area contributed by atoms with Crippen molar-refractivity contribution < 1.29 is 9.59 Å². The van der Waals surface area contributed by atoms with E-state index in [4.69, 9.17) is 5.73 Å². The number of aromatic nitrogens is 4. The largest absolute Gasteiger partial charge is 0.365 e. The van der Waals surface area contributed by atoms with Crippen molar-refractivity contribution >= 4 is 45.3 Å². The van der Waals surface area contributed by atoms with Crippen LogP contribution in [0.25, 0.3) is 16.2 Å². The molecule has 0 fully saturated rings. The van der Waals surface area contributed by atoms with Gasteiger partial charge in [0, 0.05) is 16.0 Å². The summed E-state index contributed by atoms with van der Waals surface area (Å²) in [5, 5.41) is 7.34. The molecule has 8 nitrogen and oxygen atoms in total. The number of carbonyl (C=O) groups excluding carboxylic acids is 2. The molecule has 4 rings (SSSR count). The SMILES string of the molecule is Cc1ccc(-c2nc(NC(=O)c3ccnc4c(C(N)=O)cnn34)sc2C)s1. The summed E-state index contributed by atoms with van der Waals surface area (Å²) in [6.45, 7) is 4.01. The van der Waals surface area contributed by atoms with E-state index in [1.807, 2.05) is 26.0 Å². The first kappa shape index (κ1) is 17.3. The molecule has 0 atom stereocenters. The smallest absolute Gasteiger partial charge is 0.276 e. The normalized spacial score (nSPS) is 11.0. The summed E-state index contributed by atoms with van der Waals surface area (Å²) in [4.78, 5) is 36.1. The van der Waals surface area contributed by atoms with Gasteiger partial charge >= 0.3 is 0 Å². The van der Waals surface area contributed by atoms with Gasteiger partial charge in [-0.05, 0) is 32.0 Å². The van der Waals surface area contributed by atoms with E-state index in [-0.39, 0.29) is 16.9 Å². The van der Waals surface area contributed by atoms with Gasteiger partial charge in [-0.25, -0.2) is 14.5 Å². The number of nitrogens with zero attached hydrogens (tertiary/aromatic N) is 4. The molecule has 4 heterocycles. The van der Waals surface area contributed by atoms with Crippen molar-refractivity contribution in [3.05, 3.63) is 51.6 Å². The lowest BCUT2D eigenvalue weighted by Gasteiger charge is -2.04. The average molecular weight is 398 g/mol. The summed E-state index contributed by atoms with van der Waals surface area (Å²) < 4.78 is 1.29. The Morgan fingerprint density at radius 1 is 1.19 bits per heavy atom. The number of rotatable bonds is 4. The first-order valence-corrected chi connectivity index (χ1v) is 9.55. The maximum Gasteiger partial charge on any atom is 0.276 e. The third-order valence-corrected chi connectivity index (χ3v) is 5.78. The Labute approximate surface area is 161 Å². The lowest BCUT2D eigenvalue weighted by Crippen LogP contribution is -2.17. The van der Waals surface area contributed by atoms with Gasteiger partial charge in [-0.2, -0.15) is 5.10 Å². The molecule has 2 amide bonds. The summed E-state index contributed by atoms with van der Waals surface area (Å²) in [5.41, 5.74) is 6.80. The quantitative estimate of drug-likeness (QED) is 0.548. The fraction of sp³-hybridized carbons (Fsp3) is 0.118. The molecule has 136 valence electrons. The molecule has 0 aliphatic heterocycles. The van der Waals surface area contributed by atoms with Gasteiger partial charge in [0.1, 0.15) is 11.3 Å². The van der Waals surface area contributed by atoms with Gasteiger partial charge in [0.2, 0.25) is 0 Å². The molecule has 27 heavy (non-hydrogen) atoms. The van der Waals surface area contributed by atoms with Gasteiger partial charge in [0.15, 0.2) is 10.8 Å². The van der Waals surface area contributed by atoms with Gasteiger partial charge in [-0.3, -0.25) is 14.9 Å². The zero-order valence-corrected chi connectivity index (χ0v) is 16.0. The standard InChI is InChI=1S/C17H14N6O2S2/c1-8-3-4-12(26-8)13-9(2)27-17(21-13)22-16(25)11-5-6-19-15-10(14(18)24)7-20-23(11)15/h3-7H,1-2H3,(H2,18,24)(H,21,22,25). The lowest BCUT2D eigenvalue weighted by atomic mass is 10.3. The average Bonchev–Trinajstić information content (AvgIpc) is 3.32. The first-order valence-electron chi connectivity index (χ1n) is 7.92. The topological polar surface area (TPSA) is 115 Å². The van der Waals surface area contributed by atoms with Crippen LogP contribution < -0.4 is 11.1 Å². The second-order valence-electron chi connectivity index (χ2n) is 5.78. The highest BCUT2D eigenvalue weighted by molar-refractivity contribution is 7.18. The van der Waals surface area contributed by atoms with E-state index in [1.165, 1.54) is 39.2 Å². The number of aryl methyl sites for hydroxylation is 2. The molecule has 0 radical (unpaired) electrons. The minimum absolute atomic E-state index is 0.157. The summed E-state index contributed by atoms with van der Waals surface area (Å²) in [6.07, 6.45) is 2.73. The number of thiophene rings is 1. The number of fused-ring (bicyclic) bond motifs is 1. The molecular formula is C17H14N6O2S2. The maximum absolute atomic E-state index is 12.7. The Kier molecular flexibility index (Phi) is 4.21. The van der Waals surface area contributed by atoms with Crippen LogP contribution in [-0.2, 0) is 0 Å². The van der Waals surface area contributed by atoms with E-state index < -0.39 is 11.8 Å². The van der Waals surface area contributed by atoms with Crippen LogP contribution in [0.1, 0.15) is 30.6 Å². The van der Waals surface area contributed by atoms with Crippen molar-refractivity contribution in [1.29, 1.82) is 0 Å². The second-order valence-corrected chi connectivity index (χ2v) is 8.27. The number of carbonyl (C=O) groups is 2. The molecule has 3 N–H and O–H groups in total. The van der Waals surface area contributed by atoms with Gasteiger partial charge in [-0.15, -0.1) is 22.7 Å². The minimum atomic E-state index is -0.651. The molecule has 0 unspecified atom stereocenters. The zero-order valence-electron chi connectivity index (χ0n) is 14.4. The number of nitrogens with two attached hydrogens (primary N) is 1. The third-order valence-electron chi connectivity index (χ3n) is 3.89. The number of hydrogen-bond donors (Lipinski definition) is 2. The molecule has 0 aromatic carbocycles. The number of primary amides is 1. The van der Waals surface area contributed by atoms with Crippen LogP contribution in [0.2, 0.25) is 0 Å². The minimum Gasteiger partial charge on any atom is -0.365 e. The summed E-state index contributed by atoms with van der Waals surface area (Å²) >= 11 is 3.06. The van der Waals surface area contributed by atoms with Crippen LogP contribution in [0.3, 0.4) is 0 Å². The molecule has 0 saturated carbocycles. The van der Waals surface area contributed by atoms with Gasteiger partial charge in [0.25, 0.3) is 11.8 Å². The highest BCUT2D eigenvalue weighted by Gasteiger charge is 2.19. The molecule has 0 spiro atoms. The fourth-order valence-corrected chi connectivity index (χ4v) is 4.44. The van der Waals surface area contributed by atoms with Crippen LogP contribution in [-0.4, -0.2) is 31.4 Å². The Bertz CT molecular complexity index is 1190. The predicted octanol–water partition coefficient (Wildman–Crippen LogP) is 2.88. The summed E-state index contributed by atoms with van der Waals surface area (Å²) in [7, 11) is 0. The number of anilines is 1. The molecule has 4 aromatic rings. The van der Waals surface area contributed by atoms with Crippen molar-refractivity contribution in [2.45, 2.75) is 13.8 Å². The zero-order chi connectivity index (χ0) is 19.1. The fourth-order valence-electron chi connectivity index (χ4n) is 2.64. The van der Waals surface area contributed by atoms with Crippen LogP contribution in [0.15, 0.2) is 30.6 Å². The number of thiazole rings is 1. The maximum atomic E-state index is 12.7. The first-order chi connectivity index (χ1) is 12.9. The second kappa shape index (κ2) is 6.56. The molecule has 0 aliphatic carbocycles. The van der Waals surface area contributed by atoms with Crippen molar-refractivity contribution in [3.8, 4) is 10.6 Å². The number of nitrogens with one attached hydrogen (secondary N) is 1. The summed E-state index contributed by atoms with van der Waals surface area (Å²) in [5.74, 6) is -1.05. The van der Waals surface area contributed by atoms with Crippen LogP contribution in [0, 0.1) is 13.8 Å². The number of hydrogen-bond acceptors (Lipinski definition) is 7. The Hall–Kier alpha value is -3.11. The van der Waals surface area contributed by atoms with Crippen molar-refractivity contribution in [2.24, 2.45) is 5.73 Å². The van der Waals surface area contributed by atoms with E-state index in [1.54, 1.807) is 11.3 Å². The number of amides is 2. The van der Waals surface area contributed by atoms with Crippen LogP contribution in [0.5, 0.6) is 0 Å². The lowest BCUT2D eigenvalue weighted by molar-refractivity contribution is 0.0996. The molecular weight excluding hydrogens is 384 g/mol. The van der Waals surface area contributed by atoms with Gasteiger partial charge in [0.05, 0.1) is 16.8 Å². The third kappa shape index (κ3) is 3.09. The highest BCUT2D eigenvalue weighted by atomic mass is 32.1. The van der Waals surface area contributed by atoms with Crippen molar-refractivity contribution in [2.75, 3.05) is 5.32 Å².